The van der Waals surface area contributed by atoms with Crippen LogP contribution >= 0.6 is 12.4 Å². The van der Waals surface area contributed by atoms with E-state index in [0.717, 1.165) is 5.56 Å². The molecule has 0 fully saturated rings. The fourth-order valence-corrected chi connectivity index (χ4v) is 1.10. The lowest BCUT2D eigenvalue weighted by atomic mass is 10.0. The van der Waals surface area contributed by atoms with E-state index in [1.54, 1.807) is 0 Å². The van der Waals surface area contributed by atoms with E-state index in [1.165, 1.54) is 5.56 Å². The van der Waals surface area contributed by atoms with Crippen LogP contribution < -0.4 is 5.73 Å². The summed E-state index contributed by atoms with van der Waals surface area (Å²) in [6.07, 6.45) is 0.406. The third-order valence-corrected chi connectivity index (χ3v) is 1.93. The quantitative estimate of drug-likeness (QED) is 0.804. The molecular weight excluding hydrogens is 189 g/mol. The first-order valence-electron chi connectivity index (χ1n) is 4.12. The van der Waals surface area contributed by atoms with Crippen LogP contribution in [0.4, 0.5) is 4.39 Å². The van der Waals surface area contributed by atoms with E-state index in [4.69, 9.17) is 5.73 Å². The van der Waals surface area contributed by atoms with E-state index in [1.807, 2.05) is 31.2 Å². The van der Waals surface area contributed by atoms with Crippen molar-refractivity contribution in [1.82, 2.24) is 0 Å². The van der Waals surface area contributed by atoms with Gasteiger partial charge in [-0.3, -0.25) is 4.39 Å². The molecule has 3 heteroatoms. The second-order valence-corrected chi connectivity index (χ2v) is 2.99. The van der Waals surface area contributed by atoms with Gasteiger partial charge in [0.2, 0.25) is 0 Å². The summed E-state index contributed by atoms with van der Waals surface area (Å²) in [6.45, 7) is 1.67. The van der Waals surface area contributed by atoms with Gasteiger partial charge in [-0.1, -0.05) is 29.8 Å². The zero-order chi connectivity index (χ0) is 8.97. The SMILES string of the molecule is Cc1ccc([C@H](N)CCF)cc1.Cl. The van der Waals surface area contributed by atoms with E-state index in [0.29, 0.717) is 6.42 Å². The minimum Gasteiger partial charge on any atom is -0.324 e. The third-order valence-electron chi connectivity index (χ3n) is 1.93. The van der Waals surface area contributed by atoms with Gasteiger partial charge in [-0.05, 0) is 18.9 Å². The van der Waals surface area contributed by atoms with Crippen molar-refractivity contribution in [2.75, 3.05) is 6.67 Å². The first-order valence-corrected chi connectivity index (χ1v) is 4.12. The van der Waals surface area contributed by atoms with Crippen LogP contribution in [-0.2, 0) is 0 Å². The standard InChI is InChI=1S/C10H14FN.ClH/c1-8-2-4-9(5-3-8)10(12)6-7-11;/h2-5,10H,6-7,12H2,1H3;1H/t10-;/m1./s1. The van der Waals surface area contributed by atoms with Crippen LogP contribution in [0.15, 0.2) is 24.3 Å². The molecule has 2 N–H and O–H groups in total. The zero-order valence-electron chi connectivity index (χ0n) is 7.66. The number of hydrogen-bond acceptors (Lipinski definition) is 1. The molecule has 1 atom stereocenters. The summed E-state index contributed by atoms with van der Waals surface area (Å²) in [6, 6.07) is 7.74. The van der Waals surface area contributed by atoms with Crippen LogP contribution in [0.25, 0.3) is 0 Å². The summed E-state index contributed by atoms with van der Waals surface area (Å²) in [5, 5.41) is 0. The first-order chi connectivity index (χ1) is 5.74. The van der Waals surface area contributed by atoms with Crippen molar-refractivity contribution in [3.63, 3.8) is 0 Å². The minimum absolute atomic E-state index is 0. The van der Waals surface area contributed by atoms with Crippen molar-refractivity contribution >= 4 is 12.4 Å². The number of nitrogens with two attached hydrogens (primary N) is 1. The average Bonchev–Trinajstić information content (AvgIpc) is 2.06. The highest BCUT2D eigenvalue weighted by Crippen LogP contribution is 2.14. The van der Waals surface area contributed by atoms with Gasteiger partial charge in [-0.2, -0.15) is 0 Å². The molecule has 0 bridgehead atoms. The molecule has 0 aromatic heterocycles. The first kappa shape index (κ1) is 12.4. The Morgan fingerprint density at radius 3 is 2.31 bits per heavy atom. The Labute approximate surface area is 84.5 Å². The largest absolute Gasteiger partial charge is 0.324 e. The lowest BCUT2D eigenvalue weighted by Gasteiger charge is -2.09. The van der Waals surface area contributed by atoms with Crippen LogP contribution in [0.2, 0.25) is 0 Å². The Balaban J connectivity index is 0.00000144. The van der Waals surface area contributed by atoms with E-state index >= 15 is 0 Å². The normalized spacial score (nSPS) is 11.9. The van der Waals surface area contributed by atoms with Crippen molar-refractivity contribution in [3.05, 3.63) is 35.4 Å². The predicted molar refractivity (Wildman–Crippen MR) is 55.9 cm³/mol. The molecule has 0 aliphatic rings. The Morgan fingerprint density at radius 2 is 1.85 bits per heavy atom. The molecular formula is C10H15ClFN. The van der Waals surface area contributed by atoms with E-state index < -0.39 is 0 Å². The minimum atomic E-state index is -0.352. The molecule has 1 aromatic carbocycles. The van der Waals surface area contributed by atoms with Gasteiger partial charge < -0.3 is 5.73 Å². The molecule has 0 aliphatic carbocycles. The lowest BCUT2D eigenvalue weighted by molar-refractivity contribution is 0.442. The molecule has 74 valence electrons. The summed E-state index contributed by atoms with van der Waals surface area (Å²) >= 11 is 0. The molecule has 1 aromatic rings. The van der Waals surface area contributed by atoms with Gasteiger partial charge in [-0.25, -0.2) is 0 Å². The molecule has 0 saturated heterocycles. The molecule has 1 rings (SSSR count). The van der Waals surface area contributed by atoms with Crippen molar-refractivity contribution in [1.29, 1.82) is 0 Å². The monoisotopic (exact) mass is 203 g/mol. The van der Waals surface area contributed by atoms with Crippen molar-refractivity contribution in [2.24, 2.45) is 5.73 Å². The number of aryl methyl sites for hydroxylation is 1. The smallest absolute Gasteiger partial charge is 0.0912 e. The van der Waals surface area contributed by atoms with Gasteiger partial charge in [0.1, 0.15) is 0 Å². The van der Waals surface area contributed by atoms with Crippen LogP contribution in [-0.4, -0.2) is 6.67 Å². The Bertz CT molecular complexity index is 235. The van der Waals surface area contributed by atoms with Gasteiger partial charge in [0.25, 0.3) is 0 Å². The highest BCUT2D eigenvalue weighted by atomic mass is 35.5. The molecule has 0 aliphatic heterocycles. The van der Waals surface area contributed by atoms with Crippen LogP contribution in [0.1, 0.15) is 23.6 Å². The summed E-state index contributed by atoms with van der Waals surface area (Å²) in [4.78, 5) is 0. The van der Waals surface area contributed by atoms with Crippen LogP contribution in [0, 0.1) is 6.92 Å². The van der Waals surface area contributed by atoms with E-state index in [2.05, 4.69) is 0 Å². The van der Waals surface area contributed by atoms with E-state index in [-0.39, 0.29) is 25.1 Å². The molecule has 0 amide bonds. The third kappa shape index (κ3) is 3.75. The maximum Gasteiger partial charge on any atom is 0.0912 e. The molecule has 13 heavy (non-hydrogen) atoms. The van der Waals surface area contributed by atoms with Gasteiger partial charge in [0.05, 0.1) is 6.67 Å². The molecule has 0 heterocycles. The number of rotatable bonds is 3. The summed E-state index contributed by atoms with van der Waals surface area (Å²) in [7, 11) is 0. The second kappa shape index (κ2) is 5.95. The average molecular weight is 204 g/mol. The number of halogens is 2. The molecule has 0 saturated carbocycles. The molecule has 0 unspecified atom stereocenters. The Morgan fingerprint density at radius 1 is 1.31 bits per heavy atom. The van der Waals surface area contributed by atoms with Gasteiger partial charge >= 0.3 is 0 Å². The Kier molecular flexibility index (Phi) is 5.67. The summed E-state index contributed by atoms with van der Waals surface area (Å²) < 4.78 is 11.9. The molecule has 1 nitrogen and oxygen atoms in total. The van der Waals surface area contributed by atoms with Crippen LogP contribution in [0.5, 0.6) is 0 Å². The van der Waals surface area contributed by atoms with Crippen molar-refractivity contribution in [3.8, 4) is 0 Å². The second-order valence-electron chi connectivity index (χ2n) is 2.99. The highest BCUT2D eigenvalue weighted by molar-refractivity contribution is 5.85. The molecule has 0 radical (unpaired) electrons. The fourth-order valence-electron chi connectivity index (χ4n) is 1.10. The highest BCUT2D eigenvalue weighted by Gasteiger charge is 2.03. The van der Waals surface area contributed by atoms with Gasteiger partial charge in [0, 0.05) is 6.04 Å². The maximum absolute atomic E-state index is 11.9. The van der Waals surface area contributed by atoms with Crippen molar-refractivity contribution < 1.29 is 4.39 Å². The lowest BCUT2D eigenvalue weighted by Crippen LogP contribution is -2.10. The summed E-state index contributed by atoms with van der Waals surface area (Å²) in [5.74, 6) is 0. The summed E-state index contributed by atoms with van der Waals surface area (Å²) in [5.41, 5.74) is 7.93. The maximum atomic E-state index is 11.9. The van der Waals surface area contributed by atoms with Gasteiger partial charge in [-0.15, -0.1) is 12.4 Å². The topological polar surface area (TPSA) is 26.0 Å². The molecule has 0 spiro atoms. The number of hydrogen-bond donors (Lipinski definition) is 1. The van der Waals surface area contributed by atoms with Gasteiger partial charge in [0.15, 0.2) is 0 Å². The number of alkyl halides is 1. The predicted octanol–water partition coefficient (Wildman–Crippen LogP) is 2.78. The fraction of sp³-hybridized carbons (Fsp3) is 0.400. The van der Waals surface area contributed by atoms with E-state index in [9.17, 15) is 4.39 Å². The van der Waals surface area contributed by atoms with Crippen LogP contribution in [0.3, 0.4) is 0 Å². The number of benzene rings is 1. The Hall–Kier alpha value is -0.600. The zero-order valence-corrected chi connectivity index (χ0v) is 8.48. The van der Waals surface area contributed by atoms with Crippen molar-refractivity contribution in [2.45, 2.75) is 19.4 Å².